The summed E-state index contributed by atoms with van der Waals surface area (Å²) >= 11 is 1.62. The Balaban J connectivity index is 1.83. The minimum Gasteiger partial charge on any atom is -0.364 e. The van der Waals surface area contributed by atoms with Crippen LogP contribution in [0.2, 0.25) is 0 Å². The van der Waals surface area contributed by atoms with Crippen molar-refractivity contribution in [1.29, 1.82) is 0 Å². The molecule has 0 saturated carbocycles. The Hall–Kier alpha value is -1.95. The molecule has 0 saturated heterocycles. The molecule has 18 heavy (non-hydrogen) atoms. The van der Waals surface area contributed by atoms with Crippen LogP contribution in [0.4, 0.5) is 5.82 Å². The Morgan fingerprint density at radius 2 is 2.33 bits per heavy atom. The van der Waals surface area contributed by atoms with E-state index in [4.69, 9.17) is 0 Å². The van der Waals surface area contributed by atoms with Gasteiger partial charge in [-0.15, -0.1) is 11.3 Å². The van der Waals surface area contributed by atoms with Crippen LogP contribution in [0.15, 0.2) is 30.3 Å². The number of thiophene rings is 1. The summed E-state index contributed by atoms with van der Waals surface area (Å²) in [7, 11) is 0. The predicted molar refractivity (Wildman–Crippen MR) is 72.6 cm³/mol. The number of hydrogen-bond acceptors (Lipinski definition) is 5. The monoisotopic (exact) mass is 259 g/mol. The molecule has 0 spiro atoms. The van der Waals surface area contributed by atoms with Crippen LogP contribution < -0.4 is 5.32 Å². The van der Waals surface area contributed by atoms with Crippen LogP contribution in [0.5, 0.6) is 0 Å². The molecule has 92 valence electrons. The Labute approximate surface area is 109 Å². The van der Waals surface area contributed by atoms with Crippen molar-refractivity contribution in [1.82, 2.24) is 19.5 Å². The van der Waals surface area contributed by atoms with Gasteiger partial charge in [-0.3, -0.25) is 0 Å². The molecule has 6 heteroatoms. The van der Waals surface area contributed by atoms with Crippen molar-refractivity contribution in [3.05, 3.63) is 36.0 Å². The Kier molecular flexibility index (Phi) is 2.93. The minimum absolute atomic E-state index is 0.718. The van der Waals surface area contributed by atoms with Gasteiger partial charge in [0.25, 0.3) is 0 Å². The second kappa shape index (κ2) is 4.73. The lowest BCUT2D eigenvalue weighted by atomic mass is 10.3. The molecule has 0 aromatic carbocycles. The second-order valence-electron chi connectivity index (χ2n) is 3.89. The predicted octanol–water partition coefficient (Wildman–Crippen LogP) is 2.52. The zero-order chi connectivity index (χ0) is 12.4. The van der Waals surface area contributed by atoms with Crippen molar-refractivity contribution in [3.8, 4) is 0 Å². The molecule has 3 heterocycles. The lowest BCUT2D eigenvalue weighted by Gasteiger charge is -2.08. The molecule has 0 fully saturated rings. The van der Waals surface area contributed by atoms with Crippen molar-refractivity contribution < 1.29 is 0 Å². The van der Waals surface area contributed by atoms with Gasteiger partial charge in [-0.25, -0.2) is 15.0 Å². The molecule has 1 N–H and O–H groups in total. The van der Waals surface area contributed by atoms with Crippen molar-refractivity contribution in [2.75, 3.05) is 5.32 Å². The van der Waals surface area contributed by atoms with Gasteiger partial charge in [-0.1, -0.05) is 0 Å². The van der Waals surface area contributed by atoms with E-state index in [9.17, 15) is 0 Å². The Bertz CT molecular complexity index is 657. The van der Waals surface area contributed by atoms with E-state index in [0.29, 0.717) is 0 Å². The van der Waals surface area contributed by atoms with Gasteiger partial charge in [0.1, 0.15) is 17.0 Å². The number of imidazole rings is 1. The fourth-order valence-electron chi connectivity index (χ4n) is 1.89. The number of nitrogens with one attached hydrogen (secondary N) is 1. The van der Waals surface area contributed by atoms with Gasteiger partial charge in [0.2, 0.25) is 0 Å². The Morgan fingerprint density at radius 1 is 1.39 bits per heavy atom. The van der Waals surface area contributed by atoms with Crippen LogP contribution in [0.3, 0.4) is 0 Å². The lowest BCUT2D eigenvalue weighted by molar-refractivity contribution is 0.719. The molecule has 0 amide bonds. The maximum atomic E-state index is 4.29. The van der Waals surface area contributed by atoms with Gasteiger partial charge in [0.15, 0.2) is 0 Å². The number of aryl methyl sites for hydroxylation is 1. The molecular formula is C12H13N5S. The number of nitrogens with zero attached hydrogens (tertiary/aromatic N) is 4. The van der Waals surface area contributed by atoms with Gasteiger partial charge in [0, 0.05) is 12.7 Å². The summed E-state index contributed by atoms with van der Waals surface area (Å²) in [5, 5.41) is 6.45. The van der Waals surface area contributed by atoms with E-state index < -0.39 is 0 Å². The normalized spacial score (nSPS) is 10.9. The van der Waals surface area contributed by atoms with Crippen molar-refractivity contribution in [3.63, 3.8) is 0 Å². The van der Waals surface area contributed by atoms with Gasteiger partial charge in [0.05, 0.1) is 24.0 Å². The van der Waals surface area contributed by atoms with Crippen molar-refractivity contribution in [2.45, 2.75) is 20.0 Å². The average Bonchev–Trinajstić information content (AvgIpc) is 3.04. The molecule has 0 radical (unpaired) electrons. The first-order valence-corrected chi connectivity index (χ1v) is 6.67. The van der Waals surface area contributed by atoms with Crippen LogP contribution >= 0.6 is 11.3 Å². The van der Waals surface area contributed by atoms with E-state index in [0.717, 1.165) is 34.8 Å². The van der Waals surface area contributed by atoms with Crippen LogP contribution in [0.25, 0.3) is 10.2 Å². The highest BCUT2D eigenvalue weighted by molar-refractivity contribution is 7.16. The van der Waals surface area contributed by atoms with Crippen LogP contribution in [0, 0.1) is 0 Å². The molecule has 0 bridgehead atoms. The van der Waals surface area contributed by atoms with E-state index in [2.05, 4.69) is 31.8 Å². The third kappa shape index (κ3) is 1.95. The first-order chi connectivity index (χ1) is 8.88. The highest BCUT2D eigenvalue weighted by atomic mass is 32.1. The first kappa shape index (κ1) is 11.2. The van der Waals surface area contributed by atoms with Crippen molar-refractivity contribution >= 4 is 27.4 Å². The van der Waals surface area contributed by atoms with Crippen molar-refractivity contribution in [2.24, 2.45) is 0 Å². The molecule has 0 unspecified atom stereocenters. The summed E-state index contributed by atoms with van der Waals surface area (Å²) in [6.07, 6.45) is 5.32. The molecular weight excluding hydrogens is 246 g/mol. The number of hydrogen-bond donors (Lipinski definition) is 1. The highest BCUT2D eigenvalue weighted by Crippen LogP contribution is 2.23. The zero-order valence-electron chi connectivity index (χ0n) is 10.00. The summed E-state index contributed by atoms with van der Waals surface area (Å²) in [4.78, 5) is 13.7. The molecule has 0 atom stereocenters. The average molecular weight is 259 g/mol. The molecule has 0 aliphatic rings. The first-order valence-electron chi connectivity index (χ1n) is 5.79. The summed E-state index contributed by atoms with van der Waals surface area (Å²) in [6.45, 7) is 3.75. The summed E-state index contributed by atoms with van der Waals surface area (Å²) in [5.41, 5.74) is 1.15. The van der Waals surface area contributed by atoms with E-state index >= 15 is 0 Å². The maximum absolute atomic E-state index is 4.29. The Morgan fingerprint density at radius 3 is 3.22 bits per heavy atom. The van der Waals surface area contributed by atoms with Crippen LogP contribution in [0.1, 0.15) is 12.6 Å². The summed E-state index contributed by atoms with van der Waals surface area (Å²) < 4.78 is 2.11. The quantitative estimate of drug-likeness (QED) is 0.782. The zero-order valence-corrected chi connectivity index (χ0v) is 10.8. The van der Waals surface area contributed by atoms with Crippen LogP contribution in [-0.2, 0) is 13.1 Å². The molecule has 0 aliphatic heterocycles. The molecule has 3 aromatic heterocycles. The minimum atomic E-state index is 0.718. The van der Waals surface area contributed by atoms with Gasteiger partial charge in [-0.2, -0.15) is 0 Å². The number of fused-ring (bicyclic) bond motifs is 1. The molecule has 5 nitrogen and oxygen atoms in total. The number of anilines is 1. The van der Waals surface area contributed by atoms with E-state index in [-0.39, 0.29) is 0 Å². The van der Waals surface area contributed by atoms with Crippen LogP contribution in [-0.4, -0.2) is 19.5 Å². The standard InChI is InChI=1S/C12H13N5S/c1-2-17-8-13-5-9(17)6-14-11-10-3-4-18-12(10)16-7-15-11/h3-5,7-8H,2,6H2,1H3,(H,14,15,16). The molecule has 3 aromatic rings. The lowest BCUT2D eigenvalue weighted by Crippen LogP contribution is -2.07. The van der Waals surface area contributed by atoms with E-state index in [1.165, 1.54) is 0 Å². The smallest absolute Gasteiger partial charge is 0.138 e. The van der Waals surface area contributed by atoms with Gasteiger partial charge >= 0.3 is 0 Å². The highest BCUT2D eigenvalue weighted by Gasteiger charge is 2.05. The topological polar surface area (TPSA) is 55.6 Å². The third-order valence-electron chi connectivity index (χ3n) is 2.84. The maximum Gasteiger partial charge on any atom is 0.138 e. The van der Waals surface area contributed by atoms with E-state index in [1.54, 1.807) is 17.7 Å². The third-order valence-corrected chi connectivity index (χ3v) is 3.66. The van der Waals surface area contributed by atoms with Gasteiger partial charge < -0.3 is 9.88 Å². The molecule has 0 aliphatic carbocycles. The van der Waals surface area contributed by atoms with Gasteiger partial charge in [-0.05, 0) is 18.4 Å². The summed E-state index contributed by atoms with van der Waals surface area (Å²) in [5.74, 6) is 0.880. The largest absolute Gasteiger partial charge is 0.364 e. The number of aromatic nitrogens is 4. The fourth-order valence-corrected chi connectivity index (χ4v) is 2.62. The SMILES string of the molecule is CCn1cncc1CNc1ncnc2sccc12. The summed E-state index contributed by atoms with van der Waals surface area (Å²) in [6, 6.07) is 2.04. The number of rotatable bonds is 4. The van der Waals surface area contributed by atoms with E-state index in [1.807, 2.05) is 24.0 Å². The second-order valence-corrected chi connectivity index (χ2v) is 4.78. The fraction of sp³-hybridized carbons (Fsp3) is 0.250. The molecule has 3 rings (SSSR count).